The Bertz CT molecular complexity index is 193. The largest absolute Gasteiger partial charge is 0.348 e. The summed E-state index contributed by atoms with van der Waals surface area (Å²) in [4.78, 5) is 17.0. The summed E-state index contributed by atoms with van der Waals surface area (Å²) in [7, 11) is 0. The van der Waals surface area contributed by atoms with Gasteiger partial charge in [0.25, 0.3) is 0 Å². The lowest BCUT2D eigenvalue weighted by molar-refractivity contribution is -0.108. The molecule has 0 spiro atoms. The normalized spacial score (nSPS) is 12.9. The number of rotatable bonds is 3. The number of nitrogens with one attached hydrogen (secondary N) is 1. The topological polar surface area (TPSA) is 45.8 Å². The highest BCUT2D eigenvalue weighted by Gasteiger charge is 2.04. The van der Waals surface area contributed by atoms with E-state index in [1.54, 1.807) is 12.4 Å². The van der Waals surface area contributed by atoms with Gasteiger partial charge in [-0.15, -0.1) is 0 Å². The van der Waals surface area contributed by atoms with Gasteiger partial charge in [0.15, 0.2) is 0 Å². The highest BCUT2D eigenvalue weighted by Crippen LogP contribution is 2.11. The van der Waals surface area contributed by atoms with E-state index in [1.807, 2.05) is 6.92 Å². The lowest BCUT2D eigenvalue weighted by Gasteiger charge is -2.00. The number of H-pyrrole nitrogens is 1. The number of hydrogen-bond acceptors (Lipinski definition) is 2. The first-order chi connectivity index (χ1) is 4.84. The number of aromatic nitrogens is 2. The molecule has 0 aliphatic heterocycles. The van der Waals surface area contributed by atoms with Crippen LogP contribution in [0.15, 0.2) is 12.4 Å². The minimum Gasteiger partial charge on any atom is -0.348 e. The molecule has 1 N–H and O–H groups in total. The Morgan fingerprint density at radius 1 is 1.90 bits per heavy atom. The zero-order valence-electron chi connectivity index (χ0n) is 5.87. The van der Waals surface area contributed by atoms with Crippen LogP contribution < -0.4 is 0 Å². The molecule has 1 aromatic rings. The molecule has 3 nitrogen and oxygen atoms in total. The number of carbonyl (C=O) groups is 1. The minimum atomic E-state index is 0.215. The van der Waals surface area contributed by atoms with Crippen molar-refractivity contribution in [2.75, 3.05) is 0 Å². The van der Waals surface area contributed by atoms with Gasteiger partial charge in [-0.3, -0.25) is 0 Å². The summed E-state index contributed by atoms with van der Waals surface area (Å²) in [6, 6.07) is 0. The SMILES string of the molecule is CC(CC=O)c1ncc[nH]1. The first kappa shape index (κ1) is 6.99. The molecule has 1 unspecified atom stereocenters. The van der Waals surface area contributed by atoms with Crippen molar-refractivity contribution in [3.63, 3.8) is 0 Å². The second-order valence-corrected chi connectivity index (χ2v) is 2.28. The van der Waals surface area contributed by atoms with Crippen LogP contribution in [0.3, 0.4) is 0 Å². The van der Waals surface area contributed by atoms with E-state index in [0.29, 0.717) is 6.42 Å². The molecule has 0 saturated carbocycles. The van der Waals surface area contributed by atoms with Gasteiger partial charge in [-0.05, 0) is 0 Å². The molecule has 1 atom stereocenters. The summed E-state index contributed by atoms with van der Waals surface area (Å²) in [6.45, 7) is 1.97. The fraction of sp³-hybridized carbons (Fsp3) is 0.429. The maximum Gasteiger partial charge on any atom is 0.120 e. The molecular weight excluding hydrogens is 128 g/mol. The molecule has 10 heavy (non-hydrogen) atoms. The fourth-order valence-corrected chi connectivity index (χ4v) is 0.803. The van der Waals surface area contributed by atoms with Crippen molar-refractivity contribution in [3.8, 4) is 0 Å². The lowest BCUT2D eigenvalue weighted by Crippen LogP contribution is -1.95. The smallest absolute Gasteiger partial charge is 0.120 e. The molecule has 0 fully saturated rings. The molecule has 0 bridgehead atoms. The average molecular weight is 138 g/mol. The van der Waals surface area contributed by atoms with Gasteiger partial charge in [0, 0.05) is 24.7 Å². The predicted octanol–water partition coefficient (Wildman–Crippen LogP) is 1.10. The third-order valence-electron chi connectivity index (χ3n) is 1.44. The lowest BCUT2D eigenvalue weighted by atomic mass is 10.1. The molecule has 0 aliphatic rings. The second-order valence-electron chi connectivity index (χ2n) is 2.28. The van der Waals surface area contributed by atoms with Crippen molar-refractivity contribution in [2.24, 2.45) is 0 Å². The van der Waals surface area contributed by atoms with E-state index in [2.05, 4.69) is 9.97 Å². The number of aromatic amines is 1. The van der Waals surface area contributed by atoms with Crippen molar-refractivity contribution in [2.45, 2.75) is 19.3 Å². The highest BCUT2D eigenvalue weighted by molar-refractivity contribution is 5.50. The Kier molecular flexibility index (Phi) is 2.20. The van der Waals surface area contributed by atoms with Crippen molar-refractivity contribution >= 4 is 6.29 Å². The maximum atomic E-state index is 10.1. The molecule has 0 saturated heterocycles. The number of hydrogen-bond donors (Lipinski definition) is 1. The van der Waals surface area contributed by atoms with Crippen molar-refractivity contribution in [1.29, 1.82) is 0 Å². The standard InChI is InChI=1S/C7H10N2O/c1-6(2-5-10)7-8-3-4-9-7/h3-6H,2H2,1H3,(H,8,9). The summed E-state index contributed by atoms with van der Waals surface area (Å²) in [5, 5.41) is 0. The zero-order chi connectivity index (χ0) is 7.40. The van der Waals surface area contributed by atoms with E-state index in [0.717, 1.165) is 12.1 Å². The van der Waals surface area contributed by atoms with Crippen LogP contribution in [0, 0.1) is 0 Å². The molecule has 0 radical (unpaired) electrons. The van der Waals surface area contributed by atoms with Crippen LogP contribution in [0.5, 0.6) is 0 Å². The summed E-state index contributed by atoms with van der Waals surface area (Å²) in [6.07, 6.45) is 4.90. The van der Waals surface area contributed by atoms with E-state index in [-0.39, 0.29) is 5.92 Å². The van der Waals surface area contributed by atoms with Gasteiger partial charge in [0.1, 0.15) is 12.1 Å². The van der Waals surface area contributed by atoms with Gasteiger partial charge in [0.05, 0.1) is 0 Å². The first-order valence-electron chi connectivity index (χ1n) is 3.27. The first-order valence-corrected chi connectivity index (χ1v) is 3.27. The number of carbonyl (C=O) groups excluding carboxylic acids is 1. The summed E-state index contributed by atoms with van der Waals surface area (Å²) < 4.78 is 0. The van der Waals surface area contributed by atoms with Crippen molar-refractivity contribution < 1.29 is 4.79 Å². The number of nitrogens with zero attached hydrogens (tertiary/aromatic N) is 1. The summed E-state index contributed by atoms with van der Waals surface area (Å²) in [5.41, 5.74) is 0. The fourth-order valence-electron chi connectivity index (χ4n) is 0.803. The van der Waals surface area contributed by atoms with Crippen molar-refractivity contribution in [3.05, 3.63) is 18.2 Å². The molecule has 0 aromatic carbocycles. The molecule has 0 aliphatic carbocycles. The Labute approximate surface area is 59.5 Å². The Morgan fingerprint density at radius 3 is 3.20 bits per heavy atom. The third kappa shape index (κ3) is 1.43. The number of aldehydes is 1. The molecule has 1 rings (SSSR count). The minimum absolute atomic E-state index is 0.215. The van der Waals surface area contributed by atoms with Crippen LogP contribution in [-0.4, -0.2) is 16.3 Å². The monoisotopic (exact) mass is 138 g/mol. The van der Waals surface area contributed by atoms with Crippen LogP contribution in [0.25, 0.3) is 0 Å². The molecule has 54 valence electrons. The van der Waals surface area contributed by atoms with Gasteiger partial charge in [-0.2, -0.15) is 0 Å². The molecular formula is C7H10N2O. The third-order valence-corrected chi connectivity index (χ3v) is 1.44. The van der Waals surface area contributed by atoms with Crippen LogP contribution in [-0.2, 0) is 4.79 Å². The maximum absolute atomic E-state index is 10.1. The zero-order valence-corrected chi connectivity index (χ0v) is 5.87. The van der Waals surface area contributed by atoms with E-state index in [1.165, 1.54) is 0 Å². The molecule has 1 aromatic heterocycles. The van der Waals surface area contributed by atoms with Gasteiger partial charge in [-0.1, -0.05) is 6.92 Å². The van der Waals surface area contributed by atoms with Gasteiger partial charge in [-0.25, -0.2) is 4.98 Å². The van der Waals surface area contributed by atoms with Gasteiger partial charge >= 0.3 is 0 Å². The van der Waals surface area contributed by atoms with Gasteiger partial charge in [0.2, 0.25) is 0 Å². The van der Waals surface area contributed by atoms with E-state index < -0.39 is 0 Å². The molecule has 1 heterocycles. The summed E-state index contributed by atoms with van der Waals surface area (Å²) >= 11 is 0. The quantitative estimate of drug-likeness (QED) is 0.636. The van der Waals surface area contributed by atoms with Crippen LogP contribution in [0.1, 0.15) is 25.1 Å². The molecule has 0 amide bonds. The van der Waals surface area contributed by atoms with Crippen LogP contribution >= 0.6 is 0 Å². The van der Waals surface area contributed by atoms with E-state index in [4.69, 9.17) is 0 Å². The van der Waals surface area contributed by atoms with Crippen LogP contribution in [0.2, 0.25) is 0 Å². The summed E-state index contributed by atoms with van der Waals surface area (Å²) in [5.74, 6) is 1.10. The Hall–Kier alpha value is -1.12. The highest BCUT2D eigenvalue weighted by atomic mass is 16.1. The van der Waals surface area contributed by atoms with Gasteiger partial charge < -0.3 is 9.78 Å². The Balaban J connectivity index is 2.58. The average Bonchev–Trinajstić information content (AvgIpc) is 2.38. The number of imidazole rings is 1. The predicted molar refractivity (Wildman–Crippen MR) is 37.7 cm³/mol. The van der Waals surface area contributed by atoms with E-state index >= 15 is 0 Å². The second kappa shape index (κ2) is 3.15. The molecule has 3 heteroatoms. The van der Waals surface area contributed by atoms with Crippen LogP contribution in [0.4, 0.5) is 0 Å². The van der Waals surface area contributed by atoms with E-state index in [9.17, 15) is 4.79 Å². The van der Waals surface area contributed by atoms with Crippen molar-refractivity contribution in [1.82, 2.24) is 9.97 Å². The Morgan fingerprint density at radius 2 is 2.70 bits per heavy atom.